The van der Waals surface area contributed by atoms with Crippen molar-refractivity contribution in [3.05, 3.63) is 83.6 Å². The smallest absolute Gasteiger partial charge is 0.265 e. The third-order valence-corrected chi connectivity index (χ3v) is 9.28. The molecule has 0 aromatic heterocycles. The highest BCUT2D eigenvalue weighted by molar-refractivity contribution is 7.86. The molecule has 2 aliphatic heterocycles. The minimum atomic E-state index is -4.05. The zero-order valence-corrected chi connectivity index (χ0v) is 24.5. The lowest BCUT2D eigenvalue weighted by molar-refractivity contribution is -0.437. The van der Waals surface area contributed by atoms with Gasteiger partial charge in [-0.25, -0.2) is 0 Å². The second-order valence-corrected chi connectivity index (χ2v) is 14.3. The molecular formula is C29H37N2O6S2+. The highest BCUT2D eigenvalue weighted by Crippen LogP contribution is 2.47. The molecule has 2 aromatic rings. The van der Waals surface area contributed by atoms with Gasteiger partial charge in [0.1, 0.15) is 6.54 Å². The van der Waals surface area contributed by atoms with E-state index in [1.165, 1.54) is 0 Å². The van der Waals surface area contributed by atoms with Crippen molar-refractivity contribution >= 4 is 37.3 Å². The molecule has 0 aliphatic carbocycles. The van der Waals surface area contributed by atoms with Gasteiger partial charge in [-0.1, -0.05) is 56.3 Å². The van der Waals surface area contributed by atoms with Gasteiger partial charge in [-0.05, 0) is 38.0 Å². The molecule has 39 heavy (non-hydrogen) atoms. The van der Waals surface area contributed by atoms with Crippen molar-refractivity contribution in [2.24, 2.45) is 0 Å². The second-order valence-electron chi connectivity index (χ2n) is 11.2. The zero-order valence-electron chi connectivity index (χ0n) is 22.8. The third-order valence-electron chi connectivity index (χ3n) is 7.67. The Labute approximate surface area is 231 Å². The van der Waals surface area contributed by atoms with E-state index in [0.717, 1.165) is 33.9 Å². The summed E-state index contributed by atoms with van der Waals surface area (Å²) in [6.07, 6.45) is 6.67. The normalized spacial score (nSPS) is 19.2. The van der Waals surface area contributed by atoms with E-state index in [1.807, 2.05) is 42.5 Å². The zero-order chi connectivity index (χ0) is 28.6. The summed E-state index contributed by atoms with van der Waals surface area (Å²) in [5.41, 5.74) is 5.70. The van der Waals surface area contributed by atoms with Crippen LogP contribution in [0.15, 0.2) is 72.5 Å². The Kier molecular flexibility index (Phi) is 7.97. The van der Waals surface area contributed by atoms with Crippen molar-refractivity contribution in [1.29, 1.82) is 0 Å². The summed E-state index contributed by atoms with van der Waals surface area (Å²) in [7, 11) is -8.10. The van der Waals surface area contributed by atoms with Crippen molar-refractivity contribution in [2.45, 2.75) is 51.4 Å². The van der Waals surface area contributed by atoms with E-state index >= 15 is 0 Å². The summed E-state index contributed by atoms with van der Waals surface area (Å²) >= 11 is 0. The largest absolute Gasteiger partial charge is 0.344 e. The SMILES string of the molecule is CC1(C)C(=CC=CC2=[N+](CCCS(=O)(=O)O)c3ccccc3C2(C)C)N(CCCS(=O)(=O)O)c2ccccc21. The molecule has 10 heteroatoms. The molecule has 2 aromatic carbocycles. The Hall–Kier alpha value is -2.79. The lowest BCUT2D eigenvalue weighted by Gasteiger charge is -2.27. The van der Waals surface area contributed by atoms with E-state index in [9.17, 15) is 25.9 Å². The van der Waals surface area contributed by atoms with Gasteiger partial charge in [0.2, 0.25) is 5.69 Å². The summed E-state index contributed by atoms with van der Waals surface area (Å²) in [4.78, 5) is 2.12. The first-order valence-electron chi connectivity index (χ1n) is 13.0. The van der Waals surface area contributed by atoms with Crippen LogP contribution >= 0.6 is 0 Å². The summed E-state index contributed by atoms with van der Waals surface area (Å²) in [5, 5.41) is 0. The minimum absolute atomic E-state index is 0.283. The number of allylic oxidation sites excluding steroid dienone is 4. The quantitative estimate of drug-likeness (QED) is 0.308. The van der Waals surface area contributed by atoms with Gasteiger partial charge in [-0.2, -0.15) is 21.4 Å². The molecule has 0 saturated heterocycles. The molecule has 0 atom stereocenters. The summed E-state index contributed by atoms with van der Waals surface area (Å²) in [5.74, 6) is -0.615. The van der Waals surface area contributed by atoms with Crippen LogP contribution < -0.4 is 4.90 Å². The number of nitrogens with zero attached hydrogens (tertiary/aromatic N) is 2. The van der Waals surface area contributed by atoms with Crippen LogP contribution in [0.2, 0.25) is 0 Å². The number of hydrogen-bond acceptors (Lipinski definition) is 5. The molecular weight excluding hydrogens is 536 g/mol. The second kappa shape index (κ2) is 10.6. The molecule has 0 amide bonds. The number of para-hydroxylation sites is 2. The summed E-state index contributed by atoms with van der Waals surface area (Å²) in [6, 6.07) is 16.1. The Bertz CT molecular complexity index is 1570. The predicted octanol–water partition coefficient (Wildman–Crippen LogP) is 4.86. The van der Waals surface area contributed by atoms with Gasteiger partial charge in [0, 0.05) is 47.5 Å². The van der Waals surface area contributed by atoms with Crippen molar-refractivity contribution in [2.75, 3.05) is 29.5 Å². The molecule has 2 heterocycles. The maximum atomic E-state index is 11.4. The average molecular weight is 574 g/mol. The molecule has 0 unspecified atom stereocenters. The number of benzene rings is 2. The van der Waals surface area contributed by atoms with Gasteiger partial charge < -0.3 is 4.90 Å². The first kappa shape index (κ1) is 29.2. The fourth-order valence-electron chi connectivity index (χ4n) is 5.80. The van der Waals surface area contributed by atoms with E-state index in [0.29, 0.717) is 13.1 Å². The number of fused-ring (bicyclic) bond motifs is 2. The molecule has 0 fully saturated rings. The van der Waals surface area contributed by atoms with Crippen molar-refractivity contribution < 1.29 is 30.5 Å². The molecule has 2 N–H and O–H groups in total. The van der Waals surface area contributed by atoms with Crippen LogP contribution in [0.3, 0.4) is 0 Å². The fourth-order valence-corrected chi connectivity index (χ4v) is 6.79. The van der Waals surface area contributed by atoms with E-state index in [2.05, 4.69) is 61.5 Å². The van der Waals surface area contributed by atoms with Crippen LogP contribution in [0, 0.1) is 0 Å². The van der Waals surface area contributed by atoms with Gasteiger partial charge in [0.15, 0.2) is 5.71 Å². The number of rotatable bonds is 10. The molecule has 8 nitrogen and oxygen atoms in total. The Balaban J connectivity index is 1.71. The maximum Gasteiger partial charge on any atom is 0.265 e. The third kappa shape index (κ3) is 6.19. The molecule has 0 radical (unpaired) electrons. The van der Waals surface area contributed by atoms with Crippen LogP contribution in [-0.2, 0) is 31.1 Å². The monoisotopic (exact) mass is 573 g/mol. The first-order chi connectivity index (χ1) is 18.1. The lowest BCUT2D eigenvalue weighted by Crippen LogP contribution is -2.29. The summed E-state index contributed by atoms with van der Waals surface area (Å²) in [6.45, 7) is 9.43. The molecule has 210 valence electrons. The van der Waals surface area contributed by atoms with E-state index in [4.69, 9.17) is 0 Å². The Morgan fingerprint density at radius 2 is 1.41 bits per heavy atom. The first-order valence-corrected chi connectivity index (χ1v) is 16.3. The van der Waals surface area contributed by atoms with E-state index in [-0.39, 0.29) is 35.2 Å². The highest BCUT2D eigenvalue weighted by Gasteiger charge is 2.44. The summed E-state index contributed by atoms with van der Waals surface area (Å²) < 4.78 is 66.0. The van der Waals surface area contributed by atoms with Gasteiger partial charge >= 0.3 is 0 Å². The number of anilines is 1. The van der Waals surface area contributed by atoms with Crippen LogP contribution in [0.5, 0.6) is 0 Å². The fraction of sp³-hybridized carbons (Fsp3) is 0.414. The van der Waals surface area contributed by atoms with Crippen molar-refractivity contribution in [1.82, 2.24) is 0 Å². The van der Waals surface area contributed by atoms with Crippen LogP contribution in [0.1, 0.15) is 51.7 Å². The molecule has 0 saturated carbocycles. The van der Waals surface area contributed by atoms with Gasteiger partial charge in [-0.3, -0.25) is 9.11 Å². The standard InChI is InChI=1S/C29H36N2O6S2/c1-28(2)22-12-5-7-14-24(22)30(18-10-20-38(32,33)34)26(28)16-9-17-27-29(3,4)23-13-6-8-15-25(23)31(27)19-11-21-39(35,36)37/h5-9,12-17H,10-11,18-21H2,1-4H3,(H-,32,33,34,35,36,37)/p+1. The topological polar surface area (TPSA) is 115 Å². The van der Waals surface area contributed by atoms with E-state index < -0.39 is 20.2 Å². The Morgan fingerprint density at radius 1 is 0.821 bits per heavy atom. The van der Waals surface area contributed by atoms with Crippen LogP contribution in [0.4, 0.5) is 11.4 Å². The molecule has 4 rings (SSSR count). The average Bonchev–Trinajstić information content (AvgIpc) is 3.18. The minimum Gasteiger partial charge on any atom is -0.344 e. The van der Waals surface area contributed by atoms with Gasteiger partial charge in [0.05, 0.1) is 16.9 Å². The highest BCUT2D eigenvalue weighted by atomic mass is 32.2. The van der Waals surface area contributed by atoms with Crippen molar-refractivity contribution in [3.63, 3.8) is 0 Å². The van der Waals surface area contributed by atoms with E-state index in [1.54, 1.807) is 0 Å². The van der Waals surface area contributed by atoms with Crippen LogP contribution in [0.25, 0.3) is 0 Å². The number of hydrogen-bond donors (Lipinski definition) is 2. The maximum absolute atomic E-state index is 11.4. The van der Waals surface area contributed by atoms with Crippen molar-refractivity contribution in [3.8, 4) is 0 Å². The molecule has 0 bridgehead atoms. The predicted molar refractivity (Wildman–Crippen MR) is 155 cm³/mol. The molecule has 2 aliphatic rings. The van der Waals surface area contributed by atoms with Gasteiger partial charge in [-0.15, -0.1) is 0 Å². The Morgan fingerprint density at radius 3 is 2.08 bits per heavy atom. The van der Waals surface area contributed by atoms with Gasteiger partial charge in [0.25, 0.3) is 20.2 Å². The lowest BCUT2D eigenvalue weighted by atomic mass is 9.81. The molecule has 0 spiro atoms. The van der Waals surface area contributed by atoms with Crippen LogP contribution in [-0.4, -0.2) is 60.8 Å².